The topological polar surface area (TPSA) is 80.8 Å². The molecule has 6 nitrogen and oxygen atoms in total. The summed E-state index contributed by atoms with van der Waals surface area (Å²) in [5.41, 5.74) is 1.33. The van der Waals surface area contributed by atoms with Gasteiger partial charge in [0.2, 0.25) is 0 Å². The lowest BCUT2D eigenvalue weighted by Crippen LogP contribution is -2.05. The van der Waals surface area contributed by atoms with Gasteiger partial charge in [-0.15, -0.1) is 5.10 Å². The average Bonchev–Trinajstić information content (AvgIpc) is 3.02. The number of hydrogen-bond acceptors (Lipinski definition) is 5. The monoisotopic (exact) mass is 278 g/mol. The minimum atomic E-state index is -0.591. The highest BCUT2D eigenvalue weighted by molar-refractivity contribution is 5.94. The van der Waals surface area contributed by atoms with Gasteiger partial charge < -0.3 is 4.74 Å². The van der Waals surface area contributed by atoms with Gasteiger partial charge in [0.15, 0.2) is 0 Å². The molecular weight excluding hydrogens is 268 g/mol. The van der Waals surface area contributed by atoms with Crippen molar-refractivity contribution in [1.29, 1.82) is 5.26 Å². The van der Waals surface area contributed by atoms with Crippen LogP contribution in [0.1, 0.15) is 16.2 Å². The molecule has 6 heteroatoms. The van der Waals surface area contributed by atoms with Crippen LogP contribution in [0.3, 0.4) is 0 Å². The molecule has 1 heterocycles. The number of nitriles is 1. The molecule has 0 radical (unpaired) electrons. The second kappa shape index (κ2) is 5.06. The largest absolute Gasteiger partial charge is 0.463 e. The fourth-order valence-electron chi connectivity index (χ4n) is 2.14. The van der Waals surface area contributed by atoms with Gasteiger partial charge in [0.25, 0.3) is 5.82 Å². The number of carbonyl (C=O) groups excluding carboxylic acids is 1. The van der Waals surface area contributed by atoms with Gasteiger partial charge in [-0.3, -0.25) is 0 Å². The Morgan fingerprint density at radius 3 is 2.71 bits per heavy atom. The molecule has 1 aromatic heterocycles. The fraction of sp³-hybridized carbons (Fsp3) is 0.0667. The Hall–Kier alpha value is -3.20. The van der Waals surface area contributed by atoms with Crippen molar-refractivity contribution in [2.45, 2.75) is 0 Å². The molecule has 0 aliphatic rings. The molecule has 3 rings (SSSR count). The maximum atomic E-state index is 11.4. The quantitative estimate of drug-likeness (QED) is 0.670. The lowest BCUT2D eigenvalue weighted by molar-refractivity contribution is 0.0587. The fourth-order valence-corrected chi connectivity index (χ4v) is 2.14. The zero-order chi connectivity index (χ0) is 14.8. The van der Waals surface area contributed by atoms with E-state index in [0.29, 0.717) is 5.56 Å². The van der Waals surface area contributed by atoms with Crippen molar-refractivity contribution in [2.24, 2.45) is 0 Å². The van der Waals surface area contributed by atoms with Gasteiger partial charge >= 0.3 is 5.97 Å². The SMILES string of the molecule is COC(=O)c1ncn(-c2ccc(C#N)c3ccccc23)n1. The second-order valence-electron chi connectivity index (χ2n) is 4.29. The van der Waals surface area contributed by atoms with Gasteiger partial charge in [0.05, 0.1) is 24.4 Å². The van der Waals surface area contributed by atoms with Gasteiger partial charge in [-0.25, -0.2) is 14.5 Å². The minimum absolute atomic E-state index is 0.00839. The Morgan fingerprint density at radius 1 is 1.24 bits per heavy atom. The summed E-state index contributed by atoms with van der Waals surface area (Å²) in [7, 11) is 1.28. The van der Waals surface area contributed by atoms with Gasteiger partial charge in [0, 0.05) is 10.8 Å². The summed E-state index contributed by atoms with van der Waals surface area (Å²) in [4.78, 5) is 15.3. The van der Waals surface area contributed by atoms with Gasteiger partial charge in [0.1, 0.15) is 6.33 Å². The highest BCUT2D eigenvalue weighted by Crippen LogP contribution is 2.24. The average molecular weight is 278 g/mol. The molecule has 102 valence electrons. The van der Waals surface area contributed by atoms with Crippen LogP contribution < -0.4 is 0 Å². The molecule has 0 aliphatic carbocycles. The Kier molecular flexibility index (Phi) is 3.09. The maximum Gasteiger partial charge on any atom is 0.377 e. The lowest BCUT2D eigenvalue weighted by Gasteiger charge is -2.07. The number of fused-ring (bicyclic) bond motifs is 1. The van der Waals surface area contributed by atoms with E-state index >= 15 is 0 Å². The molecule has 0 atom stereocenters. The van der Waals surface area contributed by atoms with Crippen molar-refractivity contribution in [3.63, 3.8) is 0 Å². The molecule has 21 heavy (non-hydrogen) atoms. The van der Waals surface area contributed by atoms with Crippen LogP contribution in [-0.2, 0) is 4.74 Å². The highest BCUT2D eigenvalue weighted by Gasteiger charge is 2.14. The number of nitrogens with zero attached hydrogens (tertiary/aromatic N) is 4. The van der Waals surface area contributed by atoms with Crippen molar-refractivity contribution < 1.29 is 9.53 Å². The van der Waals surface area contributed by atoms with E-state index < -0.39 is 5.97 Å². The molecule has 0 bridgehead atoms. The first-order valence-corrected chi connectivity index (χ1v) is 6.17. The van der Waals surface area contributed by atoms with Crippen LogP contribution in [0.15, 0.2) is 42.7 Å². The zero-order valence-corrected chi connectivity index (χ0v) is 11.1. The number of aromatic nitrogens is 3. The summed E-state index contributed by atoms with van der Waals surface area (Å²) < 4.78 is 6.08. The van der Waals surface area contributed by atoms with Crippen LogP contribution in [0.2, 0.25) is 0 Å². The zero-order valence-electron chi connectivity index (χ0n) is 11.1. The molecule has 0 aliphatic heterocycles. The van der Waals surface area contributed by atoms with Crippen LogP contribution in [0, 0.1) is 11.3 Å². The molecule has 0 saturated carbocycles. The normalized spacial score (nSPS) is 10.3. The van der Waals surface area contributed by atoms with E-state index in [1.807, 2.05) is 24.3 Å². The van der Waals surface area contributed by atoms with Crippen molar-refractivity contribution in [1.82, 2.24) is 14.8 Å². The lowest BCUT2D eigenvalue weighted by atomic mass is 10.0. The van der Waals surface area contributed by atoms with E-state index in [0.717, 1.165) is 16.5 Å². The van der Waals surface area contributed by atoms with E-state index in [9.17, 15) is 4.79 Å². The van der Waals surface area contributed by atoms with Gasteiger partial charge in [-0.2, -0.15) is 5.26 Å². The van der Waals surface area contributed by atoms with Crippen molar-refractivity contribution in [3.8, 4) is 11.8 Å². The molecule has 3 aromatic rings. The molecule has 0 unspecified atom stereocenters. The first-order chi connectivity index (χ1) is 10.2. The summed E-state index contributed by atoms with van der Waals surface area (Å²) in [5, 5.41) is 15.0. The van der Waals surface area contributed by atoms with E-state index in [2.05, 4.69) is 20.9 Å². The van der Waals surface area contributed by atoms with Gasteiger partial charge in [-0.1, -0.05) is 24.3 Å². The molecule has 0 amide bonds. The van der Waals surface area contributed by atoms with Crippen molar-refractivity contribution in [2.75, 3.05) is 7.11 Å². The molecule has 0 fully saturated rings. The van der Waals surface area contributed by atoms with E-state index in [4.69, 9.17) is 5.26 Å². The summed E-state index contributed by atoms with van der Waals surface area (Å²) in [6.45, 7) is 0. The molecule has 0 spiro atoms. The smallest absolute Gasteiger partial charge is 0.377 e. The summed E-state index contributed by atoms with van der Waals surface area (Å²) in [5.74, 6) is -0.599. The Morgan fingerprint density at radius 2 is 2.00 bits per heavy atom. The standard InChI is InChI=1S/C15H10N4O2/c1-21-15(20)14-17-9-19(18-14)13-7-6-10(8-16)11-4-2-3-5-12(11)13/h2-7,9H,1H3. The van der Waals surface area contributed by atoms with Crippen LogP contribution in [0.5, 0.6) is 0 Å². The summed E-state index contributed by atoms with van der Waals surface area (Å²) in [6, 6.07) is 13.2. The van der Waals surface area contributed by atoms with Crippen LogP contribution in [0.4, 0.5) is 0 Å². The number of ether oxygens (including phenoxy) is 1. The van der Waals surface area contributed by atoms with E-state index in [-0.39, 0.29) is 5.82 Å². The summed E-state index contributed by atoms with van der Waals surface area (Å²) >= 11 is 0. The number of hydrogen-bond donors (Lipinski definition) is 0. The van der Waals surface area contributed by atoms with Crippen LogP contribution in [-0.4, -0.2) is 27.8 Å². The predicted octanol–water partition coefficient (Wildman–Crippen LogP) is 2.08. The number of rotatable bonds is 2. The summed E-state index contributed by atoms with van der Waals surface area (Å²) in [6.07, 6.45) is 1.44. The highest BCUT2D eigenvalue weighted by atomic mass is 16.5. The number of methoxy groups -OCH3 is 1. The van der Waals surface area contributed by atoms with Crippen molar-refractivity contribution >= 4 is 16.7 Å². The molecule has 0 saturated heterocycles. The molecule has 2 aromatic carbocycles. The third-order valence-corrected chi connectivity index (χ3v) is 3.13. The third-order valence-electron chi connectivity index (χ3n) is 3.13. The first-order valence-electron chi connectivity index (χ1n) is 6.17. The number of esters is 1. The Labute approximate surface area is 120 Å². The minimum Gasteiger partial charge on any atom is -0.463 e. The number of carbonyl (C=O) groups is 1. The predicted molar refractivity (Wildman–Crippen MR) is 74.9 cm³/mol. The van der Waals surface area contributed by atoms with Crippen molar-refractivity contribution in [3.05, 3.63) is 54.1 Å². The number of benzene rings is 2. The Bertz CT molecular complexity index is 877. The Balaban J connectivity index is 2.20. The molecular formula is C15H10N4O2. The van der Waals surface area contributed by atoms with E-state index in [1.54, 1.807) is 12.1 Å². The maximum absolute atomic E-state index is 11.4. The van der Waals surface area contributed by atoms with Crippen LogP contribution >= 0.6 is 0 Å². The van der Waals surface area contributed by atoms with Crippen LogP contribution in [0.25, 0.3) is 16.5 Å². The second-order valence-corrected chi connectivity index (χ2v) is 4.29. The molecule has 0 N–H and O–H groups in total. The third kappa shape index (κ3) is 2.11. The first kappa shape index (κ1) is 12.8. The van der Waals surface area contributed by atoms with E-state index in [1.165, 1.54) is 18.1 Å². The van der Waals surface area contributed by atoms with Gasteiger partial charge in [-0.05, 0) is 12.1 Å².